The third-order valence-corrected chi connectivity index (χ3v) is 4.64. The molecule has 114 valence electrons. The Morgan fingerprint density at radius 1 is 1.26 bits per heavy atom. The van der Waals surface area contributed by atoms with Crippen molar-refractivity contribution in [2.45, 2.75) is 13.8 Å². The number of pyridine rings is 1. The Morgan fingerprint density at radius 3 is 2.96 bits per heavy atom. The minimum absolute atomic E-state index is 0.00402. The number of furan rings is 1. The van der Waals surface area contributed by atoms with Crippen molar-refractivity contribution in [3.63, 3.8) is 0 Å². The summed E-state index contributed by atoms with van der Waals surface area (Å²) in [7, 11) is 0. The third kappa shape index (κ3) is 2.29. The molecule has 4 nitrogen and oxygen atoms in total. The maximum atomic E-state index is 11.7. The summed E-state index contributed by atoms with van der Waals surface area (Å²) in [6, 6.07) is 9.34. The lowest BCUT2D eigenvalue weighted by molar-refractivity contribution is 0.101. The number of hydrogen-bond donors (Lipinski definition) is 0. The fourth-order valence-corrected chi connectivity index (χ4v) is 3.56. The van der Waals surface area contributed by atoms with Gasteiger partial charge < -0.3 is 9.15 Å². The number of fused-ring (bicyclic) bond motifs is 2. The molecule has 0 fully saturated rings. The molecule has 0 saturated heterocycles. The van der Waals surface area contributed by atoms with E-state index in [-0.39, 0.29) is 5.78 Å². The molecule has 0 aliphatic carbocycles. The van der Waals surface area contributed by atoms with E-state index in [0.717, 1.165) is 21.4 Å². The quantitative estimate of drug-likeness (QED) is 0.477. The van der Waals surface area contributed by atoms with Gasteiger partial charge in [-0.15, -0.1) is 11.3 Å². The average molecular weight is 323 g/mol. The van der Waals surface area contributed by atoms with Crippen molar-refractivity contribution in [1.29, 1.82) is 0 Å². The van der Waals surface area contributed by atoms with E-state index in [2.05, 4.69) is 4.98 Å². The standard InChI is InChI=1S/C18H13NO3S/c1-10(20)17-11(2)21-16-9-12(3-4-13(16)17)22-15-5-7-19-14-6-8-23-18(14)15/h3-9H,1-2H3. The molecule has 0 radical (unpaired) electrons. The van der Waals surface area contributed by atoms with Crippen molar-refractivity contribution >= 4 is 38.3 Å². The van der Waals surface area contributed by atoms with Crippen molar-refractivity contribution in [1.82, 2.24) is 4.98 Å². The van der Waals surface area contributed by atoms with Gasteiger partial charge in [-0.25, -0.2) is 0 Å². The van der Waals surface area contributed by atoms with E-state index in [1.54, 1.807) is 31.4 Å². The lowest BCUT2D eigenvalue weighted by Crippen LogP contribution is -1.92. The molecule has 0 spiro atoms. The molecule has 0 N–H and O–H groups in total. The Bertz CT molecular complexity index is 1040. The number of ketones is 1. The number of nitrogens with zero attached hydrogens (tertiary/aromatic N) is 1. The number of hydrogen-bond acceptors (Lipinski definition) is 5. The molecule has 0 saturated carbocycles. The largest absolute Gasteiger partial charge is 0.460 e. The second-order valence-electron chi connectivity index (χ2n) is 5.29. The molecule has 4 aromatic rings. The van der Waals surface area contributed by atoms with Crippen LogP contribution in [0.4, 0.5) is 0 Å². The van der Waals surface area contributed by atoms with Crippen molar-refractivity contribution in [3.8, 4) is 11.5 Å². The van der Waals surface area contributed by atoms with Crippen molar-refractivity contribution < 1.29 is 13.9 Å². The van der Waals surface area contributed by atoms with Crippen LogP contribution in [0.2, 0.25) is 0 Å². The number of thiophene rings is 1. The first kappa shape index (κ1) is 14.0. The van der Waals surface area contributed by atoms with Crippen LogP contribution in [-0.2, 0) is 0 Å². The van der Waals surface area contributed by atoms with E-state index in [1.807, 2.05) is 35.7 Å². The predicted molar refractivity (Wildman–Crippen MR) is 90.6 cm³/mol. The monoisotopic (exact) mass is 323 g/mol. The summed E-state index contributed by atoms with van der Waals surface area (Å²) >= 11 is 1.59. The van der Waals surface area contributed by atoms with Gasteiger partial charge in [0, 0.05) is 23.7 Å². The van der Waals surface area contributed by atoms with E-state index in [0.29, 0.717) is 22.7 Å². The summed E-state index contributed by atoms with van der Waals surface area (Å²) in [5, 5.41) is 2.81. The number of ether oxygens (including phenoxy) is 1. The molecule has 23 heavy (non-hydrogen) atoms. The van der Waals surface area contributed by atoms with E-state index in [1.165, 1.54) is 0 Å². The highest BCUT2D eigenvalue weighted by atomic mass is 32.1. The highest BCUT2D eigenvalue weighted by Gasteiger charge is 2.15. The number of carbonyl (C=O) groups is 1. The maximum absolute atomic E-state index is 11.7. The van der Waals surface area contributed by atoms with E-state index in [4.69, 9.17) is 9.15 Å². The predicted octanol–water partition coefficient (Wildman–Crippen LogP) is 5.35. The van der Waals surface area contributed by atoms with Gasteiger partial charge >= 0.3 is 0 Å². The normalized spacial score (nSPS) is 11.2. The van der Waals surface area contributed by atoms with Crippen LogP contribution in [-0.4, -0.2) is 10.8 Å². The van der Waals surface area contributed by atoms with Gasteiger partial charge in [0.2, 0.25) is 0 Å². The Hall–Kier alpha value is -2.66. The zero-order chi connectivity index (χ0) is 16.0. The molecular formula is C18H13NO3S. The summed E-state index contributed by atoms with van der Waals surface area (Å²) < 4.78 is 12.7. The lowest BCUT2D eigenvalue weighted by atomic mass is 10.1. The molecule has 0 bridgehead atoms. The van der Waals surface area contributed by atoms with Gasteiger partial charge in [0.25, 0.3) is 0 Å². The summed E-state index contributed by atoms with van der Waals surface area (Å²) in [6.45, 7) is 3.35. The van der Waals surface area contributed by atoms with Gasteiger partial charge in [0.1, 0.15) is 22.8 Å². The zero-order valence-corrected chi connectivity index (χ0v) is 13.4. The minimum Gasteiger partial charge on any atom is -0.460 e. The van der Waals surface area contributed by atoms with Crippen LogP contribution in [0.25, 0.3) is 21.2 Å². The topological polar surface area (TPSA) is 52.3 Å². The van der Waals surface area contributed by atoms with Crippen LogP contribution in [0.1, 0.15) is 23.0 Å². The molecule has 5 heteroatoms. The number of aryl methyl sites for hydroxylation is 1. The summed E-state index contributed by atoms with van der Waals surface area (Å²) in [5.41, 5.74) is 2.21. The average Bonchev–Trinajstić information content (AvgIpc) is 3.10. The van der Waals surface area contributed by atoms with Gasteiger partial charge in [-0.1, -0.05) is 0 Å². The summed E-state index contributed by atoms with van der Waals surface area (Å²) in [5.74, 6) is 2.07. The first-order valence-electron chi connectivity index (χ1n) is 7.17. The molecule has 0 atom stereocenters. The Labute approximate surface area is 136 Å². The van der Waals surface area contributed by atoms with E-state index in [9.17, 15) is 4.79 Å². The fraction of sp³-hybridized carbons (Fsp3) is 0.111. The van der Waals surface area contributed by atoms with Crippen LogP contribution in [0.15, 0.2) is 46.3 Å². The molecular weight excluding hydrogens is 310 g/mol. The lowest BCUT2D eigenvalue weighted by Gasteiger charge is -2.06. The van der Waals surface area contributed by atoms with Crippen molar-refractivity contribution in [2.75, 3.05) is 0 Å². The minimum atomic E-state index is 0.00402. The summed E-state index contributed by atoms with van der Waals surface area (Å²) in [6.07, 6.45) is 1.73. The number of aromatic nitrogens is 1. The number of rotatable bonds is 3. The smallest absolute Gasteiger partial charge is 0.163 e. The maximum Gasteiger partial charge on any atom is 0.163 e. The second kappa shape index (κ2) is 5.21. The Morgan fingerprint density at radius 2 is 2.13 bits per heavy atom. The Kier molecular flexibility index (Phi) is 3.16. The molecule has 0 aliphatic rings. The van der Waals surface area contributed by atoms with Crippen LogP contribution >= 0.6 is 11.3 Å². The van der Waals surface area contributed by atoms with E-state index >= 15 is 0 Å². The molecule has 0 unspecified atom stereocenters. The van der Waals surface area contributed by atoms with Crippen LogP contribution in [0.5, 0.6) is 11.5 Å². The zero-order valence-electron chi connectivity index (χ0n) is 12.6. The number of Topliss-reactive ketones (excluding diaryl/α,β-unsaturated/α-hetero) is 1. The van der Waals surface area contributed by atoms with Crippen LogP contribution in [0.3, 0.4) is 0 Å². The SMILES string of the molecule is CC(=O)c1c(C)oc2cc(Oc3ccnc4ccsc34)ccc12. The molecule has 3 heterocycles. The number of carbonyl (C=O) groups excluding carboxylic acids is 1. The first-order valence-corrected chi connectivity index (χ1v) is 8.05. The number of benzene rings is 1. The van der Waals surface area contributed by atoms with Gasteiger partial charge in [-0.3, -0.25) is 9.78 Å². The molecule has 1 aromatic carbocycles. The third-order valence-electron chi connectivity index (χ3n) is 3.73. The van der Waals surface area contributed by atoms with Crippen molar-refractivity contribution in [3.05, 3.63) is 53.2 Å². The van der Waals surface area contributed by atoms with Crippen LogP contribution in [0, 0.1) is 6.92 Å². The summed E-state index contributed by atoms with van der Waals surface area (Å²) in [4.78, 5) is 16.0. The van der Waals surface area contributed by atoms with Gasteiger partial charge in [-0.05, 0) is 37.4 Å². The molecule has 3 aromatic heterocycles. The Balaban J connectivity index is 1.78. The highest BCUT2D eigenvalue weighted by Crippen LogP contribution is 2.35. The molecule has 0 aliphatic heterocycles. The molecule has 4 rings (SSSR count). The van der Waals surface area contributed by atoms with Gasteiger partial charge in [0.15, 0.2) is 5.78 Å². The van der Waals surface area contributed by atoms with Crippen molar-refractivity contribution in [2.24, 2.45) is 0 Å². The van der Waals surface area contributed by atoms with Gasteiger partial charge in [0.05, 0.1) is 15.8 Å². The fourth-order valence-electron chi connectivity index (χ4n) is 2.76. The van der Waals surface area contributed by atoms with Gasteiger partial charge in [-0.2, -0.15) is 0 Å². The first-order chi connectivity index (χ1) is 11.1. The molecule has 0 amide bonds. The highest BCUT2D eigenvalue weighted by molar-refractivity contribution is 7.17. The second-order valence-corrected chi connectivity index (χ2v) is 6.21. The van der Waals surface area contributed by atoms with Crippen LogP contribution < -0.4 is 4.74 Å². The van der Waals surface area contributed by atoms with E-state index < -0.39 is 0 Å².